The smallest absolute Gasteiger partial charge is 0.298 e. The number of pyridine rings is 1. The molecule has 30 heavy (non-hydrogen) atoms. The van der Waals surface area contributed by atoms with E-state index >= 15 is 0 Å². The van der Waals surface area contributed by atoms with Gasteiger partial charge in [-0.3, -0.25) is 9.59 Å². The van der Waals surface area contributed by atoms with Crippen molar-refractivity contribution in [2.45, 2.75) is 19.8 Å². The number of amides is 1. The molecule has 2 aromatic carbocycles. The maximum Gasteiger partial charge on any atom is 0.298 e. The van der Waals surface area contributed by atoms with Gasteiger partial charge < -0.3 is 14.8 Å². The van der Waals surface area contributed by atoms with Crippen molar-refractivity contribution in [1.82, 2.24) is 4.98 Å². The number of halogens is 1. The average molecular weight is 425 g/mol. The third kappa shape index (κ3) is 5.81. The van der Waals surface area contributed by atoms with E-state index in [2.05, 4.69) is 10.3 Å². The molecule has 154 valence electrons. The molecule has 1 N–H and O–H groups in total. The molecule has 3 aromatic rings. The Bertz CT molecular complexity index is 1020. The second-order valence-corrected chi connectivity index (χ2v) is 6.86. The van der Waals surface area contributed by atoms with Gasteiger partial charge >= 0.3 is 0 Å². The van der Waals surface area contributed by atoms with Gasteiger partial charge in [0.1, 0.15) is 0 Å². The Balaban J connectivity index is 1.64. The number of nitrogens with one attached hydrogen (secondary N) is 1. The molecule has 0 aliphatic carbocycles. The highest BCUT2D eigenvalue weighted by atomic mass is 35.5. The van der Waals surface area contributed by atoms with Crippen LogP contribution in [0.15, 0.2) is 60.8 Å². The Morgan fingerprint density at radius 2 is 2.00 bits per heavy atom. The molecule has 0 aliphatic heterocycles. The number of rotatable bonds is 9. The van der Waals surface area contributed by atoms with Gasteiger partial charge in [0.2, 0.25) is 11.8 Å². The Labute approximate surface area is 179 Å². The molecule has 0 saturated heterocycles. The molecule has 0 saturated carbocycles. The van der Waals surface area contributed by atoms with E-state index in [9.17, 15) is 9.59 Å². The summed E-state index contributed by atoms with van der Waals surface area (Å²) in [5, 5.41) is 3.17. The largest absolute Gasteiger partial charge is 0.478 e. The minimum Gasteiger partial charge on any atom is -0.478 e. The number of ether oxygens (including phenoxy) is 2. The van der Waals surface area contributed by atoms with Crippen LogP contribution in [0.2, 0.25) is 5.02 Å². The van der Waals surface area contributed by atoms with Crippen LogP contribution in [-0.2, 0) is 16.0 Å². The zero-order valence-corrected chi connectivity index (χ0v) is 17.2. The van der Waals surface area contributed by atoms with E-state index in [1.807, 2.05) is 43.3 Å². The summed E-state index contributed by atoms with van der Waals surface area (Å²) in [4.78, 5) is 27.3. The number of carbonyl (C=O) groups excluding carboxylic acids is 2. The molecular formula is C23H21ClN2O4. The van der Waals surface area contributed by atoms with Crippen molar-refractivity contribution in [3.05, 3.63) is 71.4 Å². The molecule has 7 heteroatoms. The quantitative estimate of drug-likeness (QED) is 0.494. The van der Waals surface area contributed by atoms with Gasteiger partial charge in [0.15, 0.2) is 5.75 Å². The lowest BCUT2D eigenvalue weighted by atomic mass is 10.0. The van der Waals surface area contributed by atoms with Gasteiger partial charge in [0.05, 0.1) is 12.3 Å². The number of anilines is 1. The number of carbonyl (C=O) groups is 2. The van der Waals surface area contributed by atoms with E-state index in [1.165, 1.54) is 12.1 Å². The summed E-state index contributed by atoms with van der Waals surface area (Å²) in [7, 11) is 0. The second kappa shape index (κ2) is 10.4. The highest BCUT2D eigenvalue weighted by Crippen LogP contribution is 2.28. The zero-order chi connectivity index (χ0) is 21.3. The van der Waals surface area contributed by atoms with Crippen molar-refractivity contribution in [3.8, 4) is 22.8 Å². The lowest BCUT2D eigenvalue weighted by Crippen LogP contribution is -2.13. The summed E-state index contributed by atoms with van der Waals surface area (Å²) in [6.07, 6.45) is 2.58. The molecule has 0 spiro atoms. The standard InChI is InChI=1S/C23H21ClN2O4/c1-2-29-23-11-7-18(14-25-23)17-5-3-4-16(12-17)6-10-22(28)26-20-13-19(24)8-9-21(20)30-15-27/h3-5,7-9,11-15H,2,6,10H2,1H3,(H,26,28). The van der Waals surface area contributed by atoms with Crippen LogP contribution in [0.4, 0.5) is 5.69 Å². The molecule has 0 fully saturated rings. The van der Waals surface area contributed by atoms with E-state index in [0.29, 0.717) is 36.1 Å². The minimum atomic E-state index is -0.207. The number of aromatic nitrogens is 1. The Kier molecular flexibility index (Phi) is 7.40. The highest BCUT2D eigenvalue weighted by Gasteiger charge is 2.10. The lowest BCUT2D eigenvalue weighted by molar-refractivity contribution is -0.121. The van der Waals surface area contributed by atoms with E-state index in [-0.39, 0.29) is 18.1 Å². The first-order chi connectivity index (χ1) is 14.6. The van der Waals surface area contributed by atoms with E-state index in [4.69, 9.17) is 21.1 Å². The summed E-state index contributed by atoms with van der Waals surface area (Å²) < 4.78 is 10.2. The molecule has 1 heterocycles. The molecule has 6 nitrogen and oxygen atoms in total. The molecule has 0 unspecified atom stereocenters. The van der Waals surface area contributed by atoms with Gasteiger partial charge in [-0.1, -0.05) is 35.9 Å². The number of benzene rings is 2. The second-order valence-electron chi connectivity index (χ2n) is 6.42. The fourth-order valence-electron chi connectivity index (χ4n) is 2.92. The van der Waals surface area contributed by atoms with Crippen LogP contribution in [0.3, 0.4) is 0 Å². The number of aryl methyl sites for hydroxylation is 1. The van der Waals surface area contributed by atoms with Gasteiger partial charge in [-0.15, -0.1) is 0 Å². The molecule has 0 atom stereocenters. The van der Waals surface area contributed by atoms with Crippen molar-refractivity contribution in [1.29, 1.82) is 0 Å². The third-order valence-electron chi connectivity index (χ3n) is 4.32. The van der Waals surface area contributed by atoms with Gasteiger partial charge in [-0.25, -0.2) is 4.98 Å². The highest BCUT2D eigenvalue weighted by molar-refractivity contribution is 6.31. The lowest BCUT2D eigenvalue weighted by Gasteiger charge is -2.10. The Morgan fingerprint density at radius 1 is 1.13 bits per heavy atom. The average Bonchev–Trinajstić information content (AvgIpc) is 2.75. The number of hydrogen-bond acceptors (Lipinski definition) is 5. The van der Waals surface area contributed by atoms with Gasteiger partial charge in [-0.2, -0.15) is 0 Å². The summed E-state index contributed by atoms with van der Waals surface area (Å²) >= 11 is 5.97. The topological polar surface area (TPSA) is 77.5 Å². The summed E-state index contributed by atoms with van der Waals surface area (Å²) in [5.74, 6) is 0.627. The maximum absolute atomic E-state index is 12.4. The van der Waals surface area contributed by atoms with E-state index < -0.39 is 0 Å². The van der Waals surface area contributed by atoms with Crippen molar-refractivity contribution in [2.75, 3.05) is 11.9 Å². The SMILES string of the molecule is CCOc1ccc(-c2cccc(CCC(=O)Nc3cc(Cl)ccc3OC=O)c2)cn1. The molecule has 1 aromatic heterocycles. The van der Waals surface area contributed by atoms with Crippen LogP contribution >= 0.6 is 11.6 Å². The van der Waals surface area contributed by atoms with Crippen molar-refractivity contribution < 1.29 is 19.1 Å². The van der Waals surface area contributed by atoms with Crippen molar-refractivity contribution >= 4 is 29.7 Å². The first-order valence-corrected chi connectivity index (χ1v) is 9.84. The molecule has 1 amide bonds. The maximum atomic E-state index is 12.4. The fraction of sp³-hybridized carbons (Fsp3) is 0.174. The zero-order valence-electron chi connectivity index (χ0n) is 16.4. The van der Waals surface area contributed by atoms with Crippen LogP contribution in [0.5, 0.6) is 11.6 Å². The van der Waals surface area contributed by atoms with Crippen LogP contribution in [0, 0.1) is 0 Å². The monoisotopic (exact) mass is 424 g/mol. The van der Waals surface area contributed by atoms with E-state index in [0.717, 1.165) is 16.7 Å². The van der Waals surface area contributed by atoms with Gasteiger partial charge in [-0.05, 0) is 48.7 Å². The van der Waals surface area contributed by atoms with Gasteiger partial charge in [0, 0.05) is 29.3 Å². The predicted octanol–water partition coefficient (Wildman–Crippen LogP) is 4.91. The predicted molar refractivity (Wildman–Crippen MR) is 116 cm³/mol. The number of nitrogens with zero attached hydrogens (tertiary/aromatic N) is 1. The fourth-order valence-corrected chi connectivity index (χ4v) is 3.09. The minimum absolute atomic E-state index is 0.207. The van der Waals surface area contributed by atoms with Crippen molar-refractivity contribution in [3.63, 3.8) is 0 Å². The van der Waals surface area contributed by atoms with Crippen LogP contribution in [0.1, 0.15) is 18.9 Å². The molecule has 0 radical (unpaired) electrons. The summed E-state index contributed by atoms with van der Waals surface area (Å²) in [5.41, 5.74) is 3.36. The van der Waals surface area contributed by atoms with E-state index in [1.54, 1.807) is 12.3 Å². The van der Waals surface area contributed by atoms with Crippen LogP contribution in [0.25, 0.3) is 11.1 Å². The number of hydrogen-bond donors (Lipinski definition) is 1. The third-order valence-corrected chi connectivity index (χ3v) is 4.56. The van der Waals surface area contributed by atoms with Gasteiger partial charge in [0.25, 0.3) is 6.47 Å². The molecule has 0 aliphatic rings. The Morgan fingerprint density at radius 3 is 2.73 bits per heavy atom. The Hall–Kier alpha value is -3.38. The molecule has 0 bridgehead atoms. The first-order valence-electron chi connectivity index (χ1n) is 9.47. The van der Waals surface area contributed by atoms with Crippen molar-refractivity contribution in [2.24, 2.45) is 0 Å². The molecule has 3 rings (SSSR count). The van der Waals surface area contributed by atoms with Crippen LogP contribution in [-0.4, -0.2) is 24.0 Å². The molecular weight excluding hydrogens is 404 g/mol. The normalized spacial score (nSPS) is 10.3. The van der Waals surface area contributed by atoms with Crippen LogP contribution < -0.4 is 14.8 Å². The summed E-state index contributed by atoms with van der Waals surface area (Å²) in [6, 6.07) is 16.4. The summed E-state index contributed by atoms with van der Waals surface area (Å²) in [6.45, 7) is 2.79. The first kappa shape index (κ1) is 21.3.